The summed E-state index contributed by atoms with van der Waals surface area (Å²) >= 11 is 3.44. The van der Waals surface area contributed by atoms with Gasteiger partial charge in [-0.1, -0.05) is 0 Å². The highest BCUT2D eigenvalue weighted by atomic mass is 79.9. The van der Waals surface area contributed by atoms with Crippen LogP contribution in [-0.2, 0) is 0 Å². The summed E-state index contributed by atoms with van der Waals surface area (Å²) in [6.07, 6.45) is 2.00. The lowest BCUT2D eigenvalue weighted by Gasteiger charge is -2.21. The van der Waals surface area contributed by atoms with Crippen molar-refractivity contribution in [3.63, 3.8) is 0 Å². The number of hydrogen-bond donors (Lipinski definition) is 0. The SMILES string of the molecule is Cc1cc(Br)cnc1N(C)c1ccc(OC(C)C)cc1. The van der Waals surface area contributed by atoms with E-state index >= 15 is 0 Å². The quantitative estimate of drug-likeness (QED) is 0.809. The molecule has 4 heteroatoms. The number of nitrogens with zero attached hydrogens (tertiary/aromatic N) is 2. The van der Waals surface area contributed by atoms with E-state index in [-0.39, 0.29) is 6.10 Å². The van der Waals surface area contributed by atoms with E-state index in [0.717, 1.165) is 27.3 Å². The van der Waals surface area contributed by atoms with Gasteiger partial charge in [-0.05, 0) is 72.6 Å². The number of anilines is 2. The first kappa shape index (κ1) is 14.9. The van der Waals surface area contributed by atoms with Gasteiger partial charge in [-0.3, -0.25) is 0 Å². The van der Waals surface area contributed by atoms with Gasteiger partial charge in [0.25, 0.3) is 0 Å². The van der Waals surface area contributed by atoms with E-state index in [1.807, 2.05) is 51.4 Å². The van der Waals surface area contributed by atoms with Crippen molar-refractivity contribution in [2.75, 3.05) is 11.9 Å². The summed E-state index contributed by atoms with van der Waals surface area (Å²) in [5.74, 6) is 1.84. The maximum absolute atomic E-state index is 5.65. The third-order valence-corrected chi connectivity index (χ3v) is 3.36. The molecule has 0 N–H and O–H groups in total. The van der Waals surface area contributed by atoms with Gasteiger partial charge in [0.15, 0.2) is 0 Å². The van der Waals surface area contributed by atoms with Crippen LogP contribution in [0.15, 0.2) is 41.0 Å². The summed E-state index contributed by atoms with van der Waals surface area (Å²) in [5, 5.41) is 0. The fourth-order valence-corrected chi connectivity index (χ4v) is 2.47. The number of ether oxygens (including phenoxy) is 1. The van der Waals surface area contributed by atoms with Gasteiger partial charge in [-0.25, -0.2) is 4.98 Å². The van der Waals surface area contributed by atoms with Gasteiger partial charge in [-0.15, -0.1) is 0 Å². The molecule has 1 heterocycles. The Kier molecular flexibility index (Phi) is 4.65. The molecule has 0 aliphatic carbocycles. The Morgan fingerprint density at radius 1 is 1.20 bits per heavy atom. The van der Waals surface area contributed by atoms with E-state index < -0.39 is 0 Å². The minimum absolute atomic E-state index is 0.189. The van der Waals surface area contributed by atoms with Crippen molar-refractivity contribution in [3.05, 3.63) is 46.6 Å². The molecule has 2 aromatic rings. The summed E-state index contributed by atoms with van der Waals surface area (Å²) in [6, 6.07) is 10.1. The molecular formula is C16H19BrN2O. The standard InChI is InChI=1S/C16H19BrN2O/c1-11(2)20-15-7-5-14(6-8-15)19(4)16-12(3)9-13(17)10-18-16/h5-11H,1-4H3. The van der Waals surface area contributed by atoms with Crippen molar-refractivity contribution in [1.29, 1.82) is 0 Å². The number of halogens is 1. The molecule has 0 aliphatic heterocycles. The molecular weight excluding hydrogens is 316 g/mol. The maximum Gasteiger partial charge on any atom is 0.135 e. The van der Waals surface area contributed by atoms with Gasteiger partial charge in [0.05, 0.1) is 6.10 Å². The number of pyridine rings is 1. The molecule has 2 rings (SSSR count). The molecule has 0 aliphatic rings. The Morgan fingerprint density at radius 3 is 2.40 bits per heavy atom. The van der Waals surface area contributed by atoms with Crippen molar-refractivity contribution < 1.29 is 4.74 Å². The third-order valence-electron chi connectivity index (χ3n) is 2.93. The first-order chi connectivity index (χ1) is 9.47. The van der Waals surface area contributed by atoms with E-state index in [4.69, 9.17) is 4.74 Å². The second-order valence-corrected chi connectivity index (χ2v) is 5.93. The van der Waals surface area contributed by atoms with Crippen LogP contribution in [0.4, 0.5) is 11.5 Å². The molecule has 0 atom stereocenters. The van der Waals surface area contributed by atoms with Crippen molar-refractivity contribution in [2.45, 2.75) is 26.9 Å². The van der Waals surface area contributed by atoms with Crippen LogP contribution in [0.2, 0.25) is 0 Å². The lowest BCUT2D eigenvalue weighted by Crippen LogP contribution is -2.12. The van der Waals surface area contributed by atoms with Crippen LogP contribution in [0.1, 0.15) is 19.4 Å². The Morgan fingerprint density at radius 2 is 1.85 bits per heavy atom. The smallest absolute Gasteiger partial charge is 0.135 e. The van der Waals surface area contributed by atoms with Crippen molar-refractivity contribution in [2.24, 2.45) is 0 Å². The van der Waals surface area contributed by atoms with Gasteiger partial charge in [0.1, 0.15) is 11.6 Å². The molecule has 0 amide bonds. The van der Waals surface area contributed by atoms with Gasteiger partial charge in [-0.2, -0.15) is 0 Å². The molecule has 0 radical (unpaired) electrons. The van der Waals surface area contributed by atoms with Crippen LogP contribution < -0.4 is 9.64 Å². The highest BCUT2D eigenvalue weighted by Gasteiger charge is 2.09. The molecule has 1 aromatic heterocycles. The lowest BCUT2D eigenvalue weighted by molar-refractivity contribution is 0.242. The normalized spacial score (nSPS) is 10.7. The number of aromatic nitrogens is 1. The lowest BCUT2D eigenvalue weighted by atomic mass is 10.2. The van der Waals surface area contributed by atoms with Crippen LogP contribution in [0.5, 0.6) is 5.75 Å². The van der Waals surface area contributed by atoms with Crippen LogP contribution in [-0.4, -0.2) is 18.1 Å². The Bertz CT molecular complexity index is 582. The summed E-state index contributed by atoms with van der Waals surface area (Å²) in [5.41, 5.74) is 2.21. The highest BCUT2D eigenvalue weighted by molar-refractivity contribution is 9.10. The average Bonchev–Trinajstić information content (AvgIpc) is 2.38. The predicted molar refractivity (Wildman–Crippen MR) is 86.9 cm³/mol. The van der Waals surface area contributed by atoms with Crippen molar-refractivity contribution in [3.8, 4) is 5.75 Å². The molecule has 0 spiro atoms. The monoisotopic (exact) mass is 334 g/mol. The van der Waals surface area contributed by atoms with Gasteiger partial charge >= 0.3 is 0 Å². The molecule has 0 fully saturated rings. The topological polar surface area (TPSA) is 25.4 Å². The molecule has 0 bridgehead atoms. The number of rotatable bonds is 4. The van der Waals surface area contributed by atoms with Crippen molar-refractivity contribution >= 4 is 27.4 Å². The van der Waals surface area contributed by atoms with Crippen LogP contribution >= 0.6 is 15.9 Å². The minimum Gasteiger partial charge on any atom is -0.491 e. The second-order valence-electron chi connectivity index (χ2n) is 5.01. The Balaban J connectivity index is 2.22. The highest BCUT2D eigenvalue weighted by Crippen LogP contribution is 2.27. The number of hydrogen-bond acceptors (Lipinski definition) is 3. The van der Waals surface area contributed by atoms with Gasteiger partial charge in [0.2, 0.25) is 0 Å². The molecule has 1 aromatic carbocycles. The molecule has 0 saturated carbocycles. The zero-order chi connectivity index (χ0) is 14.7. The van der Waals surface area contributed by atoms with E-state index in [1.165, 1.54) is 0 Å². The average molecular weight is 335 g/mol. The van der Waals surface area contributed by atoms with E-state index in [2.05, 4.69) is 38.8 Å². The van der Waals surface area contributed by atoms with Gasteiger partial charge < -0.3 is 9.64 Å². The third kappa shape index (κ3) is 3.51. The van der Waals surface area contributed by atoms with Crippen LogP contribution in [0.3, 0.4) is 0 Å². The summed E-state index contributed by atoms with van der Waals surface area (Å²) < 4.78 is 6.65. The van der Waals surface area contributed by atoms with Crippen molar-refractivity contribution in [1.82, 2.24) is 4.98 Å². The summed E-state index contributed by atoms with van der Waals surface area (Å²) in [4.78, 5) is 6.54. The molecule has 106 valence electrons. The zero-order valence-electron chi connectivity index (χ0n) is 12.2. The molecule has 0 unspecified atom stereocenters. The molecule has 0 saturated heterocycles. The predicted octanol–water partition coefficient (Wildman–Crippen LogP) is 4.71. The van der Waals surface area contributed by atoms with Gasteiger partial charge in [0, 0.05) is 23.4 Å². The largest absolute Gasteiger partial charge is 0.491 e. The Hall–Kier alpha value is -1.55. The van der Waals surface area contributed by atoms with E-state index in [1.54, 1.807) is 0 Å². The molecule has 3 nitrogen and oxygen atoms in total. The summed E-state index contributed by atoms with van der Waals surface area (Å²) in [6.45, 7) is 6.10. The van der Waals surface area contributed by atoms with Crippen LogP contribution in [0.25, 0.3) is 0 Å². The van der Waals surface area contributed by atoms with E-state index in [9.17, 15) is 0 Å². The van der Waals surface area contributed by atoms with E-state index in [0.29, 0.717) is 0 Å². The minimum atomic E-state index is 0.189. The first-order valence-corrected chi connectivity index (χ1v) is 7.39. The fourth-order valence-electron chi connectivity index (χ4n) is 2.03. The number of aryl methyl sites for hydroxylation is 1. The first-order valence-electron chi connectivity index (χ1n) is 6.60. The Labute approximate surface area is 128 Å². The number of benzene rings is 1. The second kappa shape index (κ2) is 6.27. The summed E-state index contributed by atoms with van der Waals surface area (Å²) in [7, 11) is 2.02. The van der Waals surface area contributed by atoms with Crippen LogP contribution in [0, 0.1) is 6.92 Å². The fraction of sp³-hybridized carbons (Fsp3) is 0.312. The maximum atomic E-state index is 5.65. The zero-order valence-corrected chi connectivity index (χ0v) is 13.8. The molecule has 20 heavy (non-hydrogen) atoms.